The number of carbonyl (C=O) groups excluding carboxylic acids is 1. The minimum atomic E-state index is -0.0890. The summed E-state index contributed by atoms with van der Waals surface area (Å²) in [5.74, 6) is 1.65. The maximum Gasteiger partial charge on any atom is 0.255 e. The molecular weight excluding hydrogens is 365 g/mol. The van der Waals surface area contributed by atoms with Crippen molar-refractivity contribution < 1.29 is 9.53 Å². The third-order valence-corrected chi connectivity index (χ3v) is 5.60. The first-order chi connectivity index (χ1) is 11.6. The fourth-order valence-electron chi connectivity index (χ4n) is 2.66. The lowest BCUT2D eigenvalue weighted by Gasteiger charge is -2.25. The molecule has 0 bridgehead atoms. The molecule has 126 valence electrons. The average molecular weight is 382 g/mol. The second-order valence-corrected chi connectivity index (χ2v) is 7.38. The number of hydrogen-bond acceptors (Lipinski definition) is 3. The summed E-state index contributed by atoms with van der Waals surface area (Å²) in [4.78, 5) is 14.7. The number of carbonyl (C=O) groups is 1. The summed E-state index contributed by atoms with van der Waals surface area (Å²) < 4.78 is 5.42. The number of amides is 1. The molecule has 1 fully saturated rings. The molecule has 0 N–H and O–H groups in total. The van der Waals surface area contributed by atoms with Crippen LogP contribution in [0.3, 0.4) is 0 Å². The molecule has 6 heteroatoms. The molecule has 0 aliphatic carbocycles. The van der Waals surface area contributed by atoms with Crippen LogP contribution in [-0.4, -0.2) is 29.7 Å². The Morgan fingerprint density at radius 2 is 2.00 bits per heavy atom. The first kappa shape index (κ1) is 17.5. The largest absolute Gasteiger partial charge is 0.494 e. The van der Waals surface area contributed by atoms with Crippen LogP contribution in [0.5, 0.6) is 5.75 Å². The minimum Gasteiger partial charge on any atom is -0.494 e. The first-order valence-electron chi connectivity index (χ1n) is 7.70. The quantitative estimate of drug-likeness (QED) is 0.721. The van der Waals surface area contributed by atoms with Gasteiger partial charge in [-0.05, 0) is 43.3 Å². The van der Waals surface area contributed by atoms with Gasteiger partial charge in [0.1, 0.15) is 11.1 Å². The van der Waals surface area contributed by atoms with Gasteiger partial charge in [0.2, 0.25) is 0 Å². The van der Waals surface area contributed by atoms with Gasteiger partial charge >= 0.3 is 0 Å². The number of benzene rings is 2. The van der Waals surface area contributed by atoms with Crippen molar-refractivity contribution in [2.24, 2.45) is 0 Å². The fraction of sp³-hybridized carbons (Fsp3) is 0.278. The lowest BCUT2D eigenvalue weighted by atomic mass is 10.1. The topological polar surface area (TPSA) is 29.5 Å². The third-order valence-electron chi connectivity index (χ3n) is 3.79. The third kappa shape index (κ3) is 3.66. The first-order valence-corrected chi connectivity index (χ1v) is 9.51. The van der Waals surface area contributed by atoms with Crippen molar-refractivity contribution in [3.63, 3.8) is 0 Å². The molecule has 3 rings (SSSR count). The Kier molecular flexibility index (Phi) is 5.59. The van der Waals surface area contributed by atoms with E-state index in [4.69, 9.17) is 27.9 Å². The molecule has 24 heavy (non-hydrogen) atoms. The summed E-state index contributed by atoms with van der Waals surface area (Å²) in [7, 11) is 0. The number of nitrogens with zero attached hydrogens (tertiary/aromatic N) is 1. The van der Waals surface area contributed by atoms with Crippen LogP contribution in [0.25, 0.3) is 0 Å². The standard InChI is InChI=1S/C18H17Cl2NO2S/c1-2-23-14-6-3-12(4-7-14)17(22)21-9-10-24-18(21)15-8-5-13(19)11-16(15)20/h3-8,11,18H,2,9-10H2,1H3. The van der Waals surface area contributed by atoms with Gasteiger partial charge in [-0.2, -0.15) is 0 Å². The molecule has 0 aromatic heterocycles. The summed E-state index contributed by atoms with van der Waals surface area (Å²) in [5, 5.41) is 1.09. The molecule has 0 radical (unpaired) electrons. The molecule has 2 aromatic carbocycles. The second-order valence-electron chi connectivity index (χ2n) is 5.34. The van der Waals surface area contributed by atoms with E-state index in [0.29, 0.717) is 28.8 Å². The number of rotatable bonds is 4. The van der Waals surface area contributed by atoms with E-state index in [1.54, 1.807) is 36.0 Å². The zero-order valence-corrected chi connectivity index (χ0v) is 15.5. The Morgan fingerprint density at radius 3 is 2.67 bits per heavy atom. The van der Waals surface area contributed by atoms with E-state index in [1.807, 2.05) is 30.0 Å². The number of ether oxygens (including phenoxy) is 1. The molecule has 3 nitrogen and oxygen atoms in total. The molecule has 0 saturated carbocycles. The van der Waals surface area contributed by atoms with Crippen LogP contribution in [0, 0.1) is 0 Å². The summed E-state index contributed by atoms with van der Waals surface area (Å²) in [6, 6.07) is 12.7. The van der Waals surface area contributed by atoms with Gasteiger partial charge in [-0.25, -0.2) is 0 Å². The average Bonchev–Trinajstić information content (AvgIpc) is 3.04. The normalized spacial score (nSPS) is 17.1. The van der Waals surface area contributed by atoms with Gasteiger partial charge in [0, 0.05) is 33.5 Å². The zero-order chi connectivity index (χ0) is 17.1. The molecule has 1 amide bonds. The Bertz CT molecular complexity index is 736. The Morgan fingerprint density at radius 1 is 1.25 bits per heavy atom. The maximum atomic E-state index is 12.9. The van der Waals surface area contributed by atoms with E-state index in [9.17, 15) is 4.79 Å². The van der Waals surface area contributed by atoms with Gasteiger partial charge in [0.05, 0.1) is 6.61 Å². The minimum absolute atomic E-state index is 0.000866. The van der Waals surface area contributed by atoms with E-state index in [-0.39, 0.29) is 11.3 Å². The molecular formula is C18H17Cl2NO2S. The Labute approximate surface area is 155 Å². The summed E-state index contributed by atoms with van der Waals surface area (Å²) in [5.41, 5.74) is 1.57. The molecule has 1 heterocycles. The van der Waals surface area contributed by atoms with Crippen molar-refractivity contribution in [1.82, 2.24) is 4.90 Å². The number of hydrogen-bond donors (Lipinski definition) is 0. The smallest absolute Gasteiger partial charge is 0.255 e. The van der Waals surface area contributed by atoms with Gasteiger partial charge in [-0.15, -0.1) is 11.8 Å². The van der Waals surface area contributed by atoms with E-state index in [1.165, 1.54) is 0 Å². The zero-order valence-electron chi connectivity index (χ0n) is 13.2. The van der Waals surface area contributed by atoms with Gasteiger partial charge < -0.3 is 9.64 Å². The van der Waals surface area contributed by atoms with E-state index >= 15 is 0 Å². The van der Waals surface area contributed by atoms with Gasteiger partial charge in [-0.3, -0.25) is 4.79 Å². The highest BCUT2D eigenvalue weighted by Crippen LogP contribution is 2.42. The lowest BCUT2D eigenvalue weighted by Crippen LogP contribution is -2.30. The number of halogens is 2. The Balaban J connectivity index is 1.83. The van der Waals surface area contributed by atoms with Crippen LogP contribution >= 0.6 is 35.0 Å². The van der Waals surface area contributed by atoms with Gasteiger partial charge in [0.15, 0.2) is 0 Å². The summed E-state index contributed by atoms with van der Waals surface area (Å²) in [6.45, 7) is 3.23. The highest BCUT2D eigenvalue weighted by Gasteiger charge is 2.32. The monoisotopic (exact) mass is 381 g/mol. The molecule has 2 aromatic rings. The molecule has 1 aliphatic heterocycles. The van der Waals surface area contributed by atoms with Crippen molar-refractivity contribution in [3.05, 3.63) is 63.6 Å². The predicted molar refractivity (Wildman–Crippen MR) is 100 cm³/mol. The fourth-order valence-corrected chi connectivity index (χ4v) is 4.53. The highest BCUT2D eigenvalue weighted by molar-refractivity contribution is 7.99. The van der Waals surface area contributed by atoms with Crippen molar-refractivity contribution in [2.75, 3.05) is 18.9 Å². The van der Waals surface area contributed by atoms with Crippen molar-refractivity contribution in [2.45, 2.75) is 12.3 Å². The van der Waals surface area contributed by atoms with E-state index in [0.717, 1.165) is 17.1 Å². The van der Waals surface area contributed by atoms with Crippen LogP contribution in [0.2, 0.25) is 10.0 Å². The van der Waals surface area contributed by atoms with E-state index < -0.39 is 0 Å². The van der Waals surface area contributed by atoms with Crippen molar-refractivity contribution in [1.29, 1.82) is 0 Å². The SMILES string of the molecule is CCOc1ccc(C(=O)N2CCSC2c2ccc(Cl)cc2Cl)cc1. The van der Waals surface area contributed by atoms with E-state index in [2.05, 4.69) is 0 Å². The highest BCUT2D eigenvalue weighted by atomic mass is 35.5. The molecule has 0 spiro atoms. The van der Waals surface area contributed by atoms with Crippen LogP contribution in [0.15, 0.2) is 42.5 Å². The maximum absolute atomic E-state index is 12.9. The summed E-state index contributed by atoms with van der Waals surface area (Å²) >= 11 is 14.0. The lowest BCUT2D eigenvalue weighted by molar-refractivity contribution is 0.0760. The number of thioether (sulfide) groups is 1. The molecule has 1 aliphatic rings. The molecule has 1 saturated heterocycles. The summed E-state index contributed by atoms with van der Waals surface area (Å²) in [6.07, 6.45) is 0. The Hall–Kier alpha value is -1.36. The van der Waals surface area contributed by atoms with Crippen LogP contribution in [0.4, 0.5) is 0 Å². The second kappa shape index (κ2) is 7.68. The van der Waals surface area contributed by atoms with Crippen LogP contribution in [-0.2, 0) is 0 Å². The van der Waals surface area contributed by atoms with Crippen LogP contribution < -0.4 is 4.74 Å². The predicted octanol–water partition coefficient (Wildman–Crippen LogP) is 5.28. The van der Waals surface area contributed by atoms with Crippen LogP contribution in [0.1, 0.15) is 28.2 Å². The molecule has 1 atom stereocenters. The van der Waals surface area contributed by atoms with Crippen molar-refractivity contribution in [3.8, 4) is 5.75 Å². The molecule has 1 unspecified atom stereocenters. The van der Waals surface area contributed by atoms with Crippen molar-refractivity contribution >= 4 is 40.9 Å². The van der Waals surface area contributed by atoms with Gasteiger partial charge in [0.25, 0.3) is 5.91 Å². The van der Waals surface area contributed by atoms with Gasteiger partial charge in [-0.1, -0.05) is 29.3 Å².